The van der Waals surface area contributed by atoms with E-state index in [1.54, 1.807) is 0 Å². The average Bonchev–Trinajstić information content (AvgIpc) is 2.93. The fourth-order valence-corrected chi connectivity index (χ4v) is 10.7. The van der Waals surface area contributed by atoms with Gasteiger partial charge in [0.1, 0.15) is 5.69 Å². The fourth-order valence-electron chi connectivity index (χ4n) is 5.35. The van der Waals surface area contributed by atoms with E-state index >= 15 is 0 Å². The number of nitrogens with one attached hydrogen (secondary N) is 1. The molecule has 0 aliphatic heterocycles. The predicted molar refractivity (Wildman–Crippen MR) is 168 cm³/mol. The third-order valence-corrected chi connectivity index (χ3v) is 13.2. The van der Waals surface area contributed by atoms with Crippen molar-refractivity contribution in [3.63, 3.8) is 0 Å². The summed E-state index contributed by atoms with van der Waals surface area (Å²) in [6, 6.07) is 47.4. The molecule has 0 saturated heterocycles. The van der Waals surface area contributed by atoms with Gasteiger partial charge in [-0.25, -0.2) is 17.7 Å². The molecule has 0 radical (unpaired) electrons. The predicted octanol–water partition coefficient (Wildman–Crippen LogP) is 4.76. The van der Waals surface area contributed by atoms with Gasteiger partial charge in [0.2, 0.25) is 0 Å². The van der Waals surface area contributed by atoms with Crippen molar-refractivity contribution in [2.45, 2.75) is 27.7 Å². The van der Waals surface area contributed by atoms with E-state index in [1.807, 2.05) is 6.07 Å². The highest BCUT2D eigenvalue weighted by atomic mass is 27.2. The molecule has 0 spiro atoms. The molecule has 0 aliphatic rings. The van der Waals surface area contributed by atoms with Crippen molar-refractivity contribution in [2.75, 3.05) is 14.1 Å². The summed E-state index contributed by atoms with van der Waals surface area (Å²) in [6.07, 6.45) is 0. The van der Waals surface area contributed by atoms with Crippen molar-refractivity contribution in [2.24, 2.45) is 0 Å². The number of benzene rings is 5. The van der Waals surface area contributed by atoms with Crippen molar-refractivity contribution < 1.29 is 4.90 Å². The molecule has 0 unspecified atom stereocenters. The van der Waals surface area contributed by atoms with Crippen LogP contribution in [0.2, 0.25) is 0 Å². The number of hydrogen-bond acceptors (Lipinski definition) is 0. The van der Waals surface area contributed by atoms with Crippen LogP contribution in [0.5, 0.6) is 0 Å². The first-order valence-corrected chi connectivity index (χ1v) is 15.9. The van der Waals surface area contributed by atoms with Gasteiger partial charge in [0.25, 0.3) is 13.1 Å². The first-order valence-electron chi connectivity index (χ1n) is 13.6. The van der Waals surface area contributed by atoms with Gasteiger partial charge in [0.05, 0.1) is 14.1 Å². The molecule has 5 rings (SSSR count). The minimum absolute atomic E-state index is 1.30. The normalized spacial score (nSPS) is 11.1. The van der Waals surface area contributed by atoms with Gasteiger partial charge in [-0.15, -0.1) is 48.5 Å². The van der Waals surface area contributed by atoms with Crippen LogP contribution < -0.4 is 22.6 Å². The number of hydrogen-bond donors (Lipinski definition) is 1. The van der Waals surface area contributed by atoms with E-state index in [1.165, 1.54) is 50.5 Å². The molecule has 0 aliphatic carbocycles. The average molecular weight is 514 g/mol. The Bertz CT molecular complexity index is 1230. The van der Waals surface area contributed by atoms with Crippen molar-refractivity contribution in [3.8, 4) is 0 Å². The lowest BCUT2D eigenvalue weighted by molar-refractivity contribution is -0.786. The Labute approximate surface area is 232 Å². The lowest BCUT2D eigenvalue weighted by atomic mass is 10.2. The Morgan fingerprint density at radius 3 is 0.842 bits per heavy atom. The number of para-hydroxylation sites is 1. The largest absolute Gasteiger partial charge is 0.307 e. The van der Waals surface area contributed by atoms with E-state index in [0.717, 1.165) is 0 Å². The molecule has 0 atom stereocenters. The van der Waals surface area contributed by atoms with Crippen molar-refractivity contribution in [1.82, 2.24) is 0 Å². The molecule has 192 valence electrons. The second-order valence-electron chi connectivity index (χ2n) is 10.9. The van der Waals surface area contributed by atoms with Crippen LogP contribution in [0.3, 0.4) is 0 Å². The van der Waals surface area contributed by atoms with E-state index in [0.29, 0.717) is 0 Å². The summed E-state index contributed by atoms with van der Waals surface area (Å²) in [4.78, 5) is 1.37. The lowest BCUT2D eigenvalue weighted by Crippen LogP contribution is -3.00. The Morgan fingerprint density at radius 2 is 0.632 bits per heavy atom. The SMILES string of the molecule is C[NH+](C)c1ccccc1.Cc1cc[c]([Al-]([c]2ccc(C)cc2)([c]2ccc(C)cc2)[c]2ccc(C)cc2)cc1. The molecule has 2 heteroatoms. The molecule has 0 amide bonds. The molecular weight excluding hydrogens is 473 g/mol. The molecule has 0 bridgehead atoms. The van der Waals surface area contributed by atoms with Crippen molar-refractivity contribution >= 4 is 36.5 Å². The highest BCUT2D eigenvalue weighted by Gasteiger charge is 2.36. The van der Waals surface area contributed by atoms with E-state index < -0.39 is 13.1 Å². The molecule has 1 N–H and O–H groups in total. The van der Waals surface area contributed by atoms with Crippen LogP contribution in [0.15, 0.2) is 127 Å². The van der Waals surface area contributed by atoms with E-state index in [4.69, 9.17) is 0 Å². The van der Waals surface area contributed by atoms with Gasteiger partial charge in [0, 0.05) is 0 Å². The molecule has 0 heterocycles. The topological polar surface area (TPSA) is 4.44 Å². The van der Waals surface area contributed by atoms with Crippen LogP contribution in [-0.4, -0.2) is 27.2 Å². The summed E-state index contributed by atoms with van der Waals surface area (Å²) in [5, 5.41) is 0. The third kappa shape index (κ3) is 6.17. The fraction of sp³-hybridized carbons (Fsp3) is 0.167. The second kappa shape index (κ2) is 12.4. The molecular formula is C36H40AlN. The smallest absolute Gasteiger partial charge is 0.266 e. The molecule has 1 nitrogen and oxygen atoms in total. The maximum absolute atomic E-state index is 2.80. The minimum Gasteiger partial charge on any atom is -0.307 e. The standard InChI is InChI=1S/C8H11N.4C7H7.Al/c1-9(2)8-6-4-3-5-7-8;4*1-7-5-3-2-4-6-7;/h3-7H,1-2H3;4*3-6H,1H3;/q;;;;;-1/p+1. The monoisotopic (exact) mass is 513 g/mol. The van der Waals surface area contributed by atoms with Gasteiger partial charge >= 0.3 is 0 Å². The Kier molecular flexibility index (Phi) is 9.03. The minimum atomic E-state index is -2.80. The summed E-state index contributed by atoms with van der Waals surface area (Å²) in [5.74, 6) is 0. The summed E-state index contributed by atoms with van der Waals surface area (Å²) >= 11 is -2.80. The Hall–Kier alpha value is -3.41. The number of aryl methyl sites for hydroxylation is 4. The van der Waals surface area contributed by atoms with Gasteiger partial charge < -0.3 is 4.90 Å². The van der Waals surface area contributed by atoms with Gasteiger partial charge in [-0.05, 0) is 39.8 Å². The Balaban J connectivity index is 0.000000317. The van der Waals surface area contributed by atoms with E-state index in [9.17, 15) is 0 Å². The zero-order valence-electron chi connectivity index (χ0n) is 23.7. The summed E-state index contributed by atoms with van der Waals surface area (Å²) in [7, 11) is 4.24. The highest BCUT2D eigenvalue weighted by Crippen LogP contribution is 2.12. The van der Waals surface area contributed by atoms with E-state index in [-0.39, 0.29) is 0 Å². The molecule has 0 aromatic heterocycles. The van der Waals surface area contributed by atoms with Crippen LogP contribution in [0, 0.1) is 27.7 Å². The first-order chi connectivity index (χ1) is 18.3. The van der Waals surface area contributed by atoms with E-state index in [2.05, 4.69) is 163 Å². The van der Waals surface area contributed by atoms with Gasteiger partial charge in [0.15, 0.2) is 0 Å². The molecule has 0 fully saturated rings. The lowest BCUT2D eigenvalue weighted by Gasteiger charge is -2.41. The molecule has 5 aromatic carbocycles. The Morgan fingerprint density at radius 1 is 0.368 bits per heavy atom. The zero-order valence-corrected chi connectivity index (χ0v) is 24.9. The van der Waals surface area contributed by atoms with Gasteiger partial charge in [-0.1, -0.05) is 89.0 Å². The first kappa shape index (κ1) is 27.6. The second-order valence-corrected chi connectivity index (χ2v) is 15.3. The van der Waals surface area contributed by atoms with Crippen LogP contribution in [0.1, 0.15) is 22.3 Å². The maximum Gasteiger partial charge on any atom is 0.266 e. The summed E-state index contributed by atoms with van der Waals surface area (Å²) in [6.45, 7) is 8.67. The van der Waals surface area contributed by atoms with Crippen molar-refractivity contribution in [3.05, 3.63) is 150 Å². The summed E-state index contributed by atoms with van der Waals surface area (Å²) in [5.41, 5.74) is 6.55. The van der Waals surface area contributed by atoms with Gasteiger partial charge in [-0.2, -0.15) is 0 Å². The summed E-state index contributed by atoms with van der Waals surface area (Å²) < 4.78 is 5.83. The maximum atomic E-state index is 2.36. The van der Waals surface area contributed by atoms with Crippen molar-refractivity contribution in [1.29, 1.82) is 0 Å². The molecule has 0 saturated carbocycles. The molecule has 38 heavy (non-hydrogen) atoms. The third-order valence-electron chi connectivity index (χ3n) is 7.66. The number of quaternary nitrogens is 1. The molecule has 5 aromatic rings. The highest BCUT2D eigenvalue weighted by molar-refractivity contribution is 7.19. The van der Waals surface area contributed by atoms with Crippen LogP contribution in [0.4, 0.5) is 5.69 Å². The van der Waals surface area contributed by atoms with Crippen LogP contribution >= 0.6 is 0 Å². The quantitative estimate of drug-likeness (QED) is 0.323. The van der Waals surface area contributed by atoms with Crippen LogP contribution in [0.25, 0.3) is 0 Å². The number of rotatable bonds is 5. The van der Waals surface area contributed by atoms with Gasteiger partial charge in [-0.3, -0.25) is 0 Å². The van der Waals surface area contributed by atoms with Crippen LogP contribution in [-0.2, 0) is 0 Å². The zero-order chi connectivity index (χ0) is 27.1.